The molecule has 1 aliphatic rings. The van der Waals surface area contributed by atoms with Gasteiger partial charge in [-0.1, -0.05) is 31.5 Å². The van der Waals surface area contributed by atoms with E-state index in [1.54, 1.807) is 25.3 Å². The van der Waals surface area contributed by atoms with Crippen LogP contribution in [0.3, 0.4) is 0 Å². The quantitative estimate of drug-likeness (QED) is 0.611. The second kappa shape index (κ2) is 9.24. The first-order valence-electron chi connectivity index (χ1n) is 10.5. The van der Waals surface area contributed by atoms with E-state index in [9.17, 15) is 9.59 Å². The van der Waals surface area contributed by atoms with E-state index in [2.05, 4.69) is 32.2 Å². The maximum Gasteiger partial charge on any atom is 0.224 e. The van der Waals surface area contributed by atoms with E-state index in [4.69, 9.17) is 9.73 Å². The fraction of sp³-hybridized carbons (Fsp3) is 0.400. The molecular weight excluding hydrogens is 376 g/mol. The van der Waals surface area contributed by atoms with Gasteiger partial charge in [0.25, 0.3) is 0 Å². The number of aliphatic imine (C=N–C) groups is 1. The third-order valence-electron chi connectivity index (χ3n) is 5.24. The van der Waals surface area contributed by atoms with Crippen LogP contribution >= 0.6 is 0 Å². The number of nitrogens with one attached hydrogen (secondary N) is 1. The lowest BCUT2D eigenvalue weighted by Crippen LogP contribution is -2.30. The van der Waals surface area contributed by atoms with Crippen LogP contribution in [0.5, 0.6) is 5.75 Å². The maximum absolute atomic E-state index is 13.1. The number of rotatable bonds is 8. The lowest BCUT2D eigenvalue weighted by Gasteiger charge is -2.29. The van der Waals surface area contributed by atoms with Gasteiger partial charge in [-0.15, -0.1) is 0 Å². The highest BCUT2D eigenvalue weighted by molar-refractivity contribution is 6.17. The average molecular weight is 407 g/mol. The van der Waals surface area contributed by atoms with Crippen LogP contribution < -0.4 is 10.1 Å². The Bertz CT molecular complexity index is 976. The molecule has 30 heavy (non-hydrogen) atoms. The Balaban J connectivity index is 1.81. The first-order chi connectivity index (χ1) is 14.3. The third kappa shape index (κ3) is 5.35. The van der Waals surface area contributed by atoms with Crippen LogP contribution in [0, 0.1) is 0 Å². The van der Waals surface area contributed by atoms with Crippen LogP contribution in [0.4, 0.5) is 5.69 Å². The van der Waals surface area contributed by atoms with Crippen molar-refractivity contribution in [3.8, 4) is 5.75 Å². The number of nitrogens with zero attached hydrogens (tertiary/aromatic N) is 1. The Morgan fingerprint density at radius 1 is 1.17 bits per heavy atom. The highest BCUT2D eigenvalue weighted by Crippen LogP contribution is 2.31. The molecule has 2 aromatic rings. The number of amides is 1. The zero-order chi connectivity index (χ0) is 21.7. The van der Waals surface area contributed by atoms with Gasteiger partial charge in [-0.2, -0.15) is 0 Å². The average Bonchev–Trinajstić information content (AvgIpc) is 2.71. The normalized spacial score (nSPS) is 14.5. The van der Waals surface area contributed by atoms with Crippen molar-refractivity contribution in [3.63, 3.8) is 0 Å². The Hall–Kier alpha value is -2.95. The molecule has 5 heteroatoms. The number of carbonyl (C=O) groups excluding carboxylic acids is 2. The number of methoxy groups -OCH3 is 1. The second-order valence-corrected chi connectivity index (χ2v) is 8.40. The molecule has 2 aromatic carbocycles. The summed E-state index contributed by atoms with van der Waals surface area (Å²) in [6.45, 7) is 6.21. The van der Waals surface area contributed by atoms with E-state index in [0.29, 0.717) is 17.7 Å². The van der Waals surface area contributed by atoms with Crippen LogP contribution in [0.25, 0.3) is 0 Å². The Morgan fingerprint density at radius 2 is 1.97 bits per heavy atom. The number of fused-ring (bicyclic) bond motifs is 1. The molecule has 158 valence electrons. The summed E-state index contributed by atoms with van der Waals surface area (Å²) in [6.07, 6.45) is 3.33. The molecule has 0 aromatic heterocycles. The molecule has 0 atom stereocenters. The van der Waals surface area contributed by atoms with Gasteiger partial charge in [-0.25, -0.2) is 0 Å². The zero-order valence-corrected chi connectivity index (χ0v) is 18.2. The zero-order valence-electron chi connectivity index (χ0n) is 18.2. The summed E-state index contributed by atoms with van der Waals surface area (Å²) in [5, 5.41) is 2.88. The molecule has 0 aliphatic carbocycles. The molecule has 0 radical (unpaired) electrons. The number of hydrogen-bond acceptors (Lipinski definition) is 4. The molecule has 0 bridgehead atoms. The van der Waals surface area contributed by atoms with Crippen molar-refractivity contribution < 1.29 is 14.3 Å². The SMILES string of the molecule is CCCCC(=O)Nc1cccc(C(=O)CC2=NC(C)(C)Cc3ccc(OC)cc32)c1. The molecule has 1 aliphatic heterocycles. The molecule has 1 N–H and O–H groups in total. The minimum absolute atomic E-state index is 0.0233. The molecule has 0 saturated carbocycles. The van der Waals surface area contributed by atoms with Crippen molar-refractivity contribution in [3.05, 3.63) is 59.2 Å². The lowest BCUT2D eigenvalue weighted by molar-refractivity contribution is -0.116. The summed E-state index contributed by atoms with van der Waals surface area (Å²) < 4.78 is 5.37. The Morgan fingerprint density at radius 3 is 2.70 bits per heavy atom. The first kappa shape index (κ1) is 21.8. The minimum atomic E-state index is -0.258. The van der Waals surface area contributed by atoms with Crippen molar-refractivity contribution in [2.75, 3.05) is 12.4 Å². The predicted octanol–water partition coefficient (Wildman–Crippen LogP) is 5.22. The van der Waals surface area contributed by atoms with Gasteiger partial charge < -0.3 is 10.1 Å². The number of benzene rings is 2. The van der Waals surface area contributed by atoms with E-state index < -0.39 is 0 Å². The summed E-state index contributed by atoms with van der Waals surface area (Å²) in [4.78, 5) is 30.0. The summed E-state index contributed by atoms with van der Waals surface area (Å²) in [6, 6.07) is 13.1. The number of carbonyl (C=O) groups is 2. The number of anilines is 1. The van der Waals surface area contributed by atoms with Gasteiger partial charge >= 0.3 is 0 Å². The highest BCUT2D eigenvalue weighted by Gasteiger charge is 2.28. The van der Waals surface area contributed by atoms with Crippen molar-refractivity contribution in [2.45, 2.75) is 58.4 Å². The molecular formula is C25H30N2O3. The predicted molar refractivity (Wildman–Crippen MR) is 121 cm³/mol. The summed E-state index contributed by atoms with van der Waals surface area (Å²) in [5.74, 6) is 0.705. The van der Waals surface area contributed by atoms with E-state index in [-0.39, 0.29) is 23.7 Å². The second-order valence-electron chi connectivity index (χ2n) is 8.40. The molecule has 3 rings (SSSR count). The summed E-state index contributed by atoms with van der Waals surface area (Å²) in [5.41, 5.74) is 3.89. The van der Waals surface area contributed by atoms with E-state index in [1.807, 2.05) is 18.2 Å². The van der Waals surface area contributed by atoms with Crippen molar-refractivity contribution in [1.29, 1.82) is 0 Å². The topological polar surface area (TPSA) is 67.8 Å². The first-order valence-corrected chi connectivity index (χ1v) is 10.5. The maximum atomic E-state index is 13.1. The van der Waals surface area contributed by atoms with E-state index in [1.165, 1.54) is 5.56 Å². The standard InChI is InChI=1S/C25H30N2O3/c1-5-6-10-24(29)26-19-9-7-8-17(13-19)23(28)15-22-21-14-20(30-4)12-11-18(21)16-25(2,3)27-22/h7-9,11-14H,5-6,10,15-16H2,1-4H3,(H,26,29). The number of ketones is 1. The van der Waals surface area contributed by atoms with Crippen molar-refractivity contribution in [1.82, 2.24) is 0 Å². The molecule has 1 heterocycles. The molecule has 0 saturated heterocycles. The number of unbranched alkanes of at least 4 members (excludes halogenated alkanes) is 1. The monoisotopic (exact) mass is 406 g/mol. The van der Waals surface area contributed by atoms with Crippen LogP contribution in [0.1, 0.15) is 67.9 Å². The Labute approximate surface area is 178 Å². The van der Waals surface area contributed by atoms with Crippen LogP contribution in [0.2, 0.25) is 0 Å². The van der Waals surface area contributed by atoms with Crippen molar-refractivity contribution in [2.24, 2.45) is 4.99 Å². The number of hydrogen-bond donors (Lipinski definition) is 1. The van der Waals surface area contributed by atoms with Gasteiger partial charge in [0.2, 0.25) is 5.91 Å². The smallest absolute Gasteiger partial charge is 0.224 e. The molecule has 0 fully saturated rings. The van der Waals surface area contributed by atoms with Crippen LogP contribution in [-0.4, -0.2) is 30.1 Å². The third-order valence-corrected chi connectivity index (χ3v) is 5.24. The lowest BCUT2D eigenvalue weighted by atomic mass is 9.85. The van der Waals surface area contributed by atoms with Gasteiger partial charge in [-0.05, 0) is 56.5 Å². The Kier molecular flexibility index (Phi) is 6.70. The van der Waals surface area contributed by atoms with Crippen LogP contribution in [-0.2, 0) is 11.2 Å². The van der Waals surface area contributed by atoms with E-state index in [0.717, 1.165) is 36.3 Å². The summed E-state index contributed by atoms with van der Waals surface area (Å²) >= 11 is 0. The fourth-order valence-electron chi connectivity index (χ4n) is 3.76. The van der Waals surface area contributed by atoms with E-state index >= 15 is 0 Å². The van der Waals surface area contributed by atoms with Gasteiger partial charge in [-0.3, -0.25) is 14.6 Å². The van der Waals surface area contributed by atoms with Gasteiger partial charge in [0.15, 0.2) is 5.78 Å². The molecule has 0 spiro atoms. The minimum Gasteiger partial charge on any atom is -0.497 e. The number of Topliss-reactive ketones (excluding diaryl/α,β-unsaturated/α-hetero) is 1. The van der Waals surface area contributed by atoms with Gasteiger partial charge in [0.05, 0.1) is 24.8 Å². The van der Waals surface area contributed by atoms with Gasteiger partial charge in [0.1, 0.15) is 5.75 Å². The molecule has 5 nitrogen and oxygen atoms in total. The van der Waals surface area contributed by atoms with Crippen LogP contribution in [0.15, 0.2) is 47.5 Å². The van der Waals surface area contributed by atoms with Gasteiger partial charge in [0, 0.05) is 23.2 Å². The fourth-order valence-corrected chi connectivity index (χ4v) is 3.76. The van der Waals surface area contributed by atoms with Crippen molar-refractivity contribution >= 4 is 23.1 Å². The summed E-state index contributed by atoms with van der Waals surface area (Å²) in [7, 11) is 1.64. The molecule has 0 unspecified atom stereocenters. The molecule has 1 amide bonds. The largest absolute Gasteiger partial charge is 0.497 e. The number of ether oxygens (including phenoxy) is 1. The highest BCUT2D eigenvalue weighted by atomic mass is 16.5.